The molecule has 3 aliphatic heterocycles. The van der Waals surface area contributed by atoms with Crippen molar-refractivity contribution >= 4 is 34.2 Å². The first-order valence-corrected chi connectivity index (χ1v) is 12.6. The van der Waals surface area contributed by atoms with Gasteiger partial charge in [-0.3, -0.25) is 4.21 Å². The van der Waals surface area contributed by atoms with E-state index in [-0.39, 0.29) is 12.1 Å². The van der Waals surface area contributed by atoms with Gasteiger partial charge < -0.3 is 14.9 Å². The maximum absolute atomic E-state index is 12.6. The van der Waals surface area contributed by atoms with E-state index in [0.717, 1.165) is 44.0 Å². The summed E-state index contributed by atoms with van der Waals surface area (Å²) in [6.45, 7) is 2.49. The molecule has 3 atom stereocenters. The maximum Gasteiger partial charge on any atom is 0.227 e. The number of fused-ring (bicyclic) bond motifs is 3. The third-order valence-electron chi connectivity index (χ3n) is 7.63. The highest BCUT2D eigenvalue weighted by Gasteiger charge is 2.50. The molecular weight excluding hydrogens is 436 g/mol. The van der Waals surface area contributed by atoms with Crippen LogP contribution in [0.25, 0.3) is 0 Å². The van der Waals surface area contributed by atoms with Gasteiger partial charge in [0, 0.05) is 43.7 Å². The Morgan fingerprint density at radius 1 is 1.16 bits per heavy atom. The Hall–Kier alpha value is -1.84. The molecule has 8 nitrogen and oxygen atoms in total. The molecule has 5 aliphatic rings. The molecule has 7 rings (SSSR count). The molecule has 0 radical (unpaired) electrons. The zero-order chi connectivity index (χ0) is 21.2. The van der Waals surface area contributed by atoms with Gasteiger partial charge in [0.25, 0.3) is 0 Å². The molecule has 2 aliphatic carbocycles. The van der Waals surface area contributed by atoms with Crippen molar-refractivity contribution in [2.45, 2.75) is 42.0 Å². The van der Waals surface area contributed by atoms with E-state index in [1.807, 2.05) is 0 Å². The molecule has 31 heavy (non-hydrogen) atoms. The number of anilines is 2. The molecule has 2 saturated carbocycles. The SMILES string of the molecule is O=S1CCN(C2(CO)CCC2)c2nc(N3CC4CC(C3)C4c3ncc(Cl)cn3)ncc21. The standard InChI is InChI=1S/C21H25ClN6O2S/c22-15-7-23-18(24-8-15)17-13-6-14(17)11-27(10-13)20-25-9-16-19(26-20)28(4-5-31(16)30)21(12-29)2-1-3-21/h7-9,13-14,17,29H,1-6,10-12H2. The van der Waals surface area contributed by atoms with Crippen molar-refractivity contribution in [1.82, 2.24) is 19.9 Å². The molecule has 2 bridgehead atoms. The highest BCUT2D eigenvalue weighted by atomic mass is 35.5. The van der Waals surface area contributed by atoms with Gasteiger partial charge >= 0.3 is 0 Å². The minimum atomic E-state index is -1.09. The van der Waals surface area contributed by atoms with Crippen molar-refractivity contribution in [3.8, 4) is 0 Å². The molecule has 10 heteroatoms. The first-order chi connectivity index (χ1) is 15.1. The van der Waals surface area contributed by atoms with Crippen LogP contribution in [0.15, 0.2) is 23.5 Å². The smallest absolute Gasteiger partial charge is 0.227 e. The van der Waals surface area contributed by atoms with Crippen molar-refractivity contribution in [3.05, 3.63) is 29.4 Å². The van der Waals surface area contributed by atoms with Crippen LogP contribution in [-0.4, -0.2) is 66.8 Å². The lowest BCUT2D eigenvalue weighted by atomic mass is 9.61. The van der Waals surface area contributed by atoms with Gasteiger partial charge in [-0.2, -0.15) is 4.98 Å². The largest absolute Gasteiger partial charge is 0.394 e. The van der Waals surface area contributed by atoms with E-state index in [0.29, 0.717) is 45.9 Å². The molecule has 3 unspecified atom stereocenters. The van der Waals surface area contributed by atoms with E-state index in [1.165, 1.54) is 6.42 Å². The Kier molecular flexibility index (Phi) is 4.70. The van der Waals surface area contributed by atoms with E-state index in [2.05, 4.69) is 24.8 Å². The lowest BCUT2D eigenvalue weighted by Crippen LogP contribution is -2.59. The van der Waals surface area contributed by atoms with Crippen LogP contribution >= 0.6 is 11.6 Å². The second kappa shape index (κ2) is 7.35. The molecule has 2 saturated heterocycles. The third kappa shape index (κ3) is 3.08. The van der Waals surface area contributed by atoms with Crippen LogP contribution in [-0.2, 0) is 10.8 Å². The van der Waals surface area contributed by atoms with Crippen molar-refractivity contribution in [1.29, 1.82) is 0 Å². The molecule has 2 aromatic heterocycles. The number of hydrogen-bond donors (Lipinski definition) is 1. The number of aliphatic hydroxyl groups excluding tert-OH is 1. The second-order valence-electron chi connectivity index (χ2n) is 9.24. The van der Waals surface area contributed by atoms with E-state index >= 15 is 0 Å². The van der Waals surface area contributed by atoms with E-state index in [9.17, 15) is 9.32 Å². The fourth-order valence-electron chi connectivity index (χ4n) is 5.78. The summed E-state index contributed by atoms with van der Waals surface area (Å²) in [5, 5.41) is 10.7. The fraction of sp³-hybridized carbons (Fsp3) is 0.619. The summed E-state index contributed by atoms with van der Waals surface area (Å²) >= 11 is 5.95. The van der Waals surface area contributed by atoms with Gasteiger partial charge in [0.1, 0.15) is 5.82 Å². The molecule has 0 amide bonds. The van der Waals surface area contributed by atoms with Crippen LogP contribution in [0.1, 0.15) is 37.4 Å². The molecule has 164 valence electrons. The number of nitrogens with zero attached hydrogens (tertiary/aromatic N) is 6. The molecule has 0 spiro atoms. The molecule has 4 fully saturated rings. The number of aliphatic hydroxyl groups is 1. The Bertz CT molecular complexity index is 1020. The third-order valence-corrected chi connectivity index (χ3v) is 9.16. The van der Waals surface area contributed by atoms with Crippen molar-refractivity contribution in [2.24, 2.45) is 11.8 Å². The number of hydrogen-bond acceptors (Lipinski definition) is 8. The first kappa shape index (κ1) is 19.8. The van der Waals surface area contributed by atoms with Gasteiger partial charge in [0.2, 0.25) is 5.95 Å². The first-order valence-electron chi connectivity index (χ1n) is 10.9. The van der Waals surface area contributed by atoms with Gasteiger partial charge in [0.05, 0.1) is 39.1 Å². The zero-order valence-corrected chi connectivity index (χ0v) is 18.7. The topological polar surface area (TPSA) is 95.3 Å². The Morgan fingerprint density at radius 3 is 2.55 bits per heavy atom. The highest BCUT2D eigenvalue weighted by molar-refractivity contribution is 7.85. The number of aromatic nitrogens is 4. The van der Waals surface area contributed by atoms with Gasteiger partial charge in [-0.25, -0.2) is 15.0 Å². The van der Waals surface area contributed by atoms with Crippen LogP contribution in [0, 0.1) is 11.8 Å². The zero-order valence-electron chi connectivity index (χ0n) is 17.2. The summed E-state index contributed by atoms with van der Waals surface area (Å²) in [4.78, 5) is 23.6. The number of halogens is 1. The monoisotopic (exact) mass is 460 g/mol. The average molecular weight is 461 g/mol. The summed E-state index contributed by atoms with van der Waals surface area (Å²) in [6, 6.07) is 0. The van der Waals surface area contributed by atoms with E-state index in [1.54, 1.807) is 18.6 Å². The van der Waals surface area contributed by atoms with Gasteiger partial charge in [-0.05, 0) is 37.5 Å². The average Bonchev–Trinajstić information content (AvgIpc) is 2.76. The summed E-state index contributed by atoms with van der Waals surface area (Å²) in [5.74, 6) is 4.20. The summed E-state index contributed by atoms with van der Waals surface area (Å²) < 4.78 is 12.6. The fourth-order valence-corrected chi connectivity index (χ4v) is 6.97. The van der Waals surface area contributed by atoms with Crippen molar-refractivity contribution in [2.75, 3.05) is 41.8 Å². The van der Waals surface area contributed by atoms with Crippen LogP contribution in [0.4, 0.5) is 11.8 Å². The van der Waals surface area contributed by atoms with Gasteiger partial charge in [0.15, 0.2) is 5.82 Å². The summed E-state index contributed by atoms with van der Waals surface area (Å²) in [5.41, 5.74) is -0.258. The lowest BCUT2D eigenvalue weighted by Gasteiger charge is -2.53. The summed E-state index contributed by atoms with van der Waals surface area (Å²) in [6.07, 6.45) is 9.27. The van der Waals surface area contributed by atoms with Crippen molar-refractivity contribution < 1.29 is 9.32 Å². The molecular formula is C21H25ClN6O2S. The number of rotatable bonds is 4. The van der Waals surface area contributed by atoms with Gasteiger partial charge in [-0.15, -0.1) is 0 Å². The van der Waals surface area contributed by atoms with Crippen LogP contribution in [0.2, 0.25) is 5.02 Å². The summed E-state index contributed by atoms with van der Waals surface area (Å²) in [7, 11) is -1.09. The predicted molar refractivity (Wildman–Crippen MR) is 118 cm³/mol. The van der Waals surface area contributed by atoms with Crippen LogP contribution in [0.5, 0.6) is 0 Å². The highest BCUT2D eigenvalue weighted by Crippen LogP contribution is 2.51. The molecule has 0 aromatic carbocycles. The lowest BCUT2D eigenvalue weighted by molar-refractivity contribution is 0.103. The van der Waals surface area contributed by atoms with Crippen molar-refractivity contribution in [3.63, 3.8) is 0 Å². The number of piperidine rings is 2. The molecule has 2 aromatic rings. The normalized spacial score (nSPS) is 30.9. The molecule has 5 heterocycles. The van der Waals surface area contributed by atoms with E-state index < -0.39 is 10.8 Å². The van der Waals surface area contributed by atoms with Crippen LogP contribution < -0.4 is 9.80 Å². The minimum absolute atomic E-state index is 0.106. The Balaban J connectivity index is 1.26. The maximum atomic E-state index is 12.6. The van der Waals surface area contributed by atoms with Crippen LogP contribution in [0.3, 0.4) is 0 Å². The van der Waals surface area contributed by atoms with E-state index in [4.69, 9.17) is 16.6 Å². The Labute approximate surface area is 188 Å². The van der Waals surface area contributed by atoms with Gasteiger partial charge in [-0.1, -0.05) is 11.6 Å². The Morgan fingerprint density at radius 2 is 1.90 bits per heavy atom. The predicted octanol–water partition coefficient (Wildman–Crippen LogP) is 2.00. The quantitative estimate of drug-likeness (QED) is 0.740. The minimum Gasteiger partial charge on any atom is -0.394 e. The molecule has 1 N–H and O–H groups in total. The second-order valence-corrected chi connectivity index (χ2v) is 11.2.